The summed E-state index contributed by atoms with van der Waals surface area (Å²) in [5.74, 6) is 1.27. The van der Waals surface area contributed by atoms with Gasteiger partial charge >= 0.3 is 0 Å². The van der Waals surface area contributed by atoms with Crippen LogP contribution in [0.25, 0.3) is 16.7 Å². The van der Waals surface area contributed by atoms with Crippen LogP contribution in [0.2, 0.25) is 0 Å². The topological polar surface area (TPSA) is 93.0 Å². The molecule has 0 radical (unpaired) electrons. The first-order chi connectivity index (χ1) is 17.2. The highest BCUT2D eigenvalue weighted by molar-refractivity contribution is 6.07. The van der Waals surface area contributed by atoms with Gasteiger partial charge in [0, 0.05) is 48.9 Å². The van der Waals surface area contributed by atoms with Crippen LogP contribution in [0.3, 0.4) is 0 Å². The monoisotopic (exact) mass is 466 g/mol. The molecule has 6 rings (SSSR count). The SMILES string of the molecule is O=C(Nc1cc(C2CC2)nn1-c1ncccn1)C1CCN(C(=O)c2cccc3ccccc23)CC1. The van der Waals surface area contributed by atoms with Gasteiger partial charge in [0.05, 0.1) is 5.69 Å². The van der Waals surface area contributed by atoms with Crippen molar-refractivity contribution in [2.45, 2.75) is 31.6 Å². The minimum Gasteiger partial charge on any atom is -0.339 e. The fourth-order valence-corrected chi connectivity index (χ4v) is 4.78. The first kappa shape index (κ1) is 21.5. The number of anilines is 1. The lowest BCUT2D eigenvalue weighted by molar-refractivity contribution is -0.121. The molecule has 4 aromatic rings. The number of rotatable bonds is 5. The second-order valence-corrected chi connectivity index (χ2v) is 9.27. The summed E-state index contributed by atoms with van der Waals surface area (Å²) in [6.07, 6.45) is 6.79. The number of carbonyl (C=O) groups is 2. The zero-order chi connectivity index (χ0) is 23.8. The number of nitrogens with zero attached hydrogens (tertiary/aromatic N) is 5. The zero-order valence-electron chi connectivity index (χ0n) is 19.3. The van der Waals surface area contributed by atoms with E-state index in [1.54, 1.807) is 23.1 Å². The number of hydrogen-bond donors (Lipinski definition) is 1. The van der Waals surface area contributed by atoms with Gasteiger partial charge in [-0.3, -0.25) is 9.59 Å². The maximum absolute atomic E-state index is 13.3. The summed E-state index contributed by atoms with van der Waals surface area (Å²) in [5.41, 5.74) is 1.67. The van der Waals surface area contributed by atoms with Gasteiger partial charge in [-0.25, -0.2) is 9.97 Å². The minimum atomic E-state index is -0.170. The van der Waals surface area contributed by atoms with Crippen LogP contribution in [-0.4, -0.2) is 49.6 Å². The molecule has 2 fully saturated rings. The molecule has 8 heteroatoms. The van der Waals surface area contributed by atoms with Crippen LogP contribution in [0.1, 0.15) is 47.7 Å². The van der Waals surface area contributed by atoms with Gasteiger partial charge in [0.1, 0.15) is 5.82 Å². The van der Waals surface area contributed by atoms with Crippen molar-refractivity contribution in [3.8, 4) is 5.95 Å². The van der Waals surface area contributed by atoms with E-state index in [4.69, 9.17) is 0 Å². The summed E-state index contributed by atoms with van der Waals surface area (Å²) >= 11 is 0. The van der Waals surface area contributed by atoms with E-state index in [0.29, 0.717) is 49.2 Å². The van der Waals surface area contributed by atoms with Gasteiger partial charge in [-0.05, 0) is 48.6 Å². The van der Waals surface area contributed by atoms with Crippen LogP contribution in [0.4, 0.5) is 5.82 Å². The lowest BCUT2D eigenvalue weighted by atomic mass is 9.95. The minimum absolute atomic E-state index is 0.0223. The maximum Gasteiger partial charge on any atom is 0.254 e. The molecule has 0 spiro atoms. The number of nitrogens with one attached hydrogen (secondary N) is 1. The van der Waals surface area contributed by atoms with E-state index in [1.807, 2.05) is 53.4 Å². The number of aromatic nitrogens is 4. The second kappa shape index (κ2) is 8.94. The lowest BCUT2D eigenvalue weighted by Gasteiger charge is -2.31. The Hall–Kier alpha value is -4.07. The van der Waals surface area contributed by atoms with Crippen molar-refractivity contribution in [1.82, 2.24) is 24.6 Å². The normalized spacial score (nSPS) is 16.4. The van der Waals surface area contributed by atoms with Crippen molar-refractivity contribution in [1.29, 1.82) is 0 Å². The predicted molar refractivity (Wildman–Crippen MR) is 132 cm³/mol. The molecule has 2 aromatic carbocycles. The molecule has 3 heterocycles. The highest BCUT2D eigenvalue weighted by Gasteiger charge is 2.31. The first-order valence-electron chi connectivity index (χ1n) is 12.1. The van der Waals surface area contributed by atoms with Crippen LogP contribution in [0, 0.1) is 5.92 Å². The third-order valence-corrected chi connectivity index (χ3v) is 6.89. The Morgan fingerprint density at radius 2 is 1.63 bits per heavy atom. The third-order valence-electron chi connectivity index (χ3n) is 6.89. The van der Waals surface area contributed by atoms with E-state index in [0.717, 1.165) is 29.3 Å². The number of amides is 2. The molecule has 0 unspecified atom stereocenters. The number of benzene rings is 2. The summed E-state index contributed by atoms with van der Waals surface area (Å²) in [4.78, 5) is 36.9. The molecule has 176 valence electrons. The molecule has 2 aromatic heterocycles. The Bertz CT molecular complexity index is 1380. The van der Waals surface area contributed by atoms with Crippen LogP contribution in [0.15, 0.2) is 67.0 Å². The molecule has 1 aliphatic heterocycles. The summed E-state index contributed by atoms with van der Waals surface area (Å²) in [5, 5.41) is 9.73. The molecule has 0 atom stereocenters. The summed E-state index contributed by atoms with van der Waals surface area (Å²) in [7, 11) is 0. The number of piperidine rings is 1. The van der Waals surface area contributed by atoms with Crippen molar-refractivity contribution in [2.24, 2.45) is 5.92 Å². The van der Waals surface area contributed by atoms with Crippen LogP contribution >= 0.6 is 0 Å². The molecule has 1 N–H and O–H groups in total. The largest absolute Gasteiger partial charge is 0.339 e. The van der Waals surface area contributed by atoms with Crippen LogP contribution in [0.5, 0.6) is 0 Å². The Labute approximate surface area is 203 Å². The molecule has 1 saturated carbocycles. The third kappa shape index (κ3) is 4.27. The number of likely N-dealkylation sites (tertiary alicyclic amines) is 1. The highest BCUT2D eigenvalue weighted by Crippen LogP contribution is 2.40. The van der Waals surface area contributed by atoms with Gasteiger partial charge in [0.15, 0.2) is 0 Å². The molecule has 2 aliphatic rings. The number of fused-ring (bicyclic) bond motifs is 1. The first-order valence-corrected chi connectivity index (χ1v) is 12.1. The predicted octanol–water partition coefficient (Wildman–Crippen LogP) is 4.18. The summed E-state index contributed by atoms with van der Waals surface area (Å²) in [6, 6.07) is 17.4. The molecule has 2 amide bonds. The van der Waals surface area contributed by atoms with Gasteiger partial charge in [-0.2, -0.15) is 9.78 Å². The fraction of sp³-hybridized carbons (Fsp3) is 0.296. The van der Waals surface area contributed by atoms with Gasteiger partial charge in [0.2, 0.25) is 5.91 Å². The van der Waals surface area contributed by atoms with Crippen molar-refractivity contribution >= 4 is 28.4 Å². The van der Waals surface area contributed by atoms with Crippen molar-refractivity contribution in [3.05, 3.63) is 78.2 Å². The van der Waals surface area contributed by atoms with Gasteiger partial charge in [-0.1, -0.05) is 36.4 Å². The average Bonchev–Trinajstić information content (AvgIpc) is 3.68. The lowest BCUT2D eigenvalue weighted by Crippen LogP contribution is -2.41. The second-order valence-electron chi connectivity index (χ2n) is 9.27. The summed E-state index contributed by atoms with van der Waals surface area (Å²) < 4.78 is 1.62. The molecule has 0 bridgehead atoms. The van der Waals surface area contributed by atoms with E-state index in [1.165, 1.54) is 0 Å². The molecular formula is C27H26N6O2. The molecule has 35 heavy (non-hydrogen) atoms. The van der Waals surface area contributed by atoms with Crippen LogP contribution < -0.4 is 5.32 Å². The smallest absolute Gasteiger partial charge is 0.254 e. The Kier molecular flexibility index (Phi) is 5.48. The Morgan fingerprint density at radius 3 is 2.40 bits per heavy atom. The van der Waals surface area contributed by atoms with Gasteiger partial charge < -0.3 is 10.2 Å². The molecule has 1 saturated heterocycles. The molecule has 1 aliphatic carbocycles. The van der Waals surface area contributed by atoms with E-state index >= 15 is 0 Å². The summed E-state index contributed by atoms with van der Waals surface area (Å²) in [6.45, 7) is 1.10. The quantitative estimate of drug-likeness (QED) is 0.476. The van der Waals surface area contributed by atoms with Gasteiger partial charge in [-0.15, -0.1) is 0 Å². The average molecular weight is 467 g/mol. The van der Waals surface area contributed by atoms with Crippen LogP contribution in [-0.2, 0) is 4.79 Å². The van der Waals surface area contributed by atoms with E-state index in [-0.39, 0.29) is 17.7 Å². The molecule has 8 nitrogen and oxygen atoms in total. The van der Waals surface area contributed by atoms with E-state index < -0.39 is 0 Å². The van der Waals surface area contributed by atoms with E-state index in [2.05, 4.69) is 20.4 Å². The van der Waals surface area contributed by atoms with Crippen molar-refractivity contribution in [3.63, 3.8) is 0 Å². The Balaban J connectivity index is 1.14. The van der Waals surface area contributed by atoms with Gasteiger partial charge in [0.25, 0.3) is 11.9 Å². The maximum atomic E-state index is 13.3. The standard InChI is InChI=1S/C27H26N6O2/c34-25(30-24-17-23(19-9-10-19)31-33(24)27-28-13-4-14-29-27)20-11-15-32(16-12-20)26(35)22-8-3-6-18-5-1-2-7-21(18)22/h1-8,13-14,17,19-20H,9-12,15-16H2,(H,30,34). The fourth-order valence-electron chi connectivity index (χ4n) is 4.78. The Morgan fingerprint density at radius 1 is 0.886 bits per heavy atom. The highest BCUT2D eigenvalue weighted by atomic mass is 16.2. The zero-order valence-corrected chi connectivity index (χ0v) is 19.3. The number of hydrogen-bond acceptors (Lipinski definition) is 5. The van der Waals surface area contributed by atoms with Crippen molar-refractivity contribution < 1.29 is 9.59 Å². The number of carbonyl (C=O) groups excluding carboxylic acids is 2. The van der Waals surface area contributed by atoms with E-state index in [9.17, 15) is 9.59 Å². The molecular weight excluding hydrogens is 440 g/mol. The van der Waals surface area contributed by atoms with Crippen molar-refractivity contribution in [2.75, 3.05) is 18.4 Å².